The minimum atomic E-state index is -0.988. The number of azide groups is 1. The van der Waals surface area contributed by atoms with Gasteiger partial charge in [-0.05, 0) is 38.3 Å². The summed E-state index contributed by atoms with van der Waals surface area (Å²) in [5.41, 5.74) is 8.84. The van der Waals surface area contributed by atoms with Crippen molar-refractivity contribution in [2.45, 2.75) is 51.8 Å². The van der Waals surface area contributed by atoms with Crippen molar-refractivity contribution in [2.75, 3.05) is 7.11 Å². The molecule has 0 fully saturated rings. The van der Waals surface area contributed by atoms with Gasteiger partial charge in [-0.2, -0.15) is 0 Å². The molecule has 1 atom stereocenters. The van der Waals surface area contributed by atoms with Gasteiger partial charge in [-0.25, -0.2) is 9.59 Å². The van der Waals surface area contributed by atoms with E-state index in [0.29, 0.717) is 5.56 Å². The number of alkyl carbamates (subject to hydrolysis) is 1. The van der Waals surface area contributed by atoms with E-state index in [4.69, 9.17) is 10.3 Å². The lowest BCUT2D eigenvalue weighted by molar-refractivity contribution is -0.143. The summed E-state index contributed by atoms with van der Waals surface area (Å²) in [5.74, 6) is -0.844. The van der Waals surface area contributed by atoms with Crippen LogP contribution in [0.1, 0.15) is 49.5 Å². The molecule has 0 aliphatic rings. The molecule has 0 saturated heterocycles. The average molecular weight is 376 g/mol. The van der Waals surface area contributed by atoms with Gasteiger partial charge in [-0.1, -0.05) is 29.4 Å². The highest BCUT2D eigenvalue weighted by Gasteiger charge is 2.25. The molecule has 0 saturated carbocycles. The topological polar surface area (TPSA) is 130 Å². The highest BCUT2D eigenvalue weighted by Crippen LogP contribution is 2.12. The summed E-state index contributed by atoms with van der Waals surface area (Å²) in [6.45, 7) is 5.31. The number of nitrogens with one attached hydrogen (secondary N) is 1. The third-order valence-electron chi connectivity index (χ3n) is 3.43. The number of nitrogens with zero attached hydrogens (tertiary/aromatic N) is 3. The molecule has 0 unspecified atom stereocenters. The van der Waals surface area contributed by atoms with E-state index in [9.17, 15) is 14.4 Å². The van der Waals surface area contributed by atoms with Gasteiger partial charge in [-0.3, -0.25) is 4.79 Å². The Balaban J connectivity index is 2.68. The number of rotatable bonds is 8. The van der Waals surface area contributed by atoms with Crippen LogP contribution in [0.5, 0.6) is 0 Å². The number of benzene rings is 1. The van der Waals surface area contributed by atoms with E-state index in [-0.39, 0.29) is 25.2 Å². The number of esters is 1. The van der Waals surface area contributed by atoms with E-state index in [2.05, 4.69) is 20.1 Å². The second-order valence-corrected chi connectivity index (χ2v) is 6.77. The van der Waals surface area contributed by atoms with Gasteiger partial charge in [0.1, 0.15) is 11.6 Å². The zero-order chi connectivity index (χ0) is 20.4. The van der Waals surface area contributed by atoms with Crippen molar-refractivity contribution in [2.24, 2.45) is 5.11 Å². The van der Waals surface area contributed by atoms with Crippen molar-refractivity contribution in [1.29, 1.82) is 0 Å². The number of ketones is 1. The molecule has 0 bridgehead atoms. The molecule has 0 aliphatic carbocycles. The van der Waals surface area contributed by atoms with Crippen LogP contribution in [0.4, 0.5) is 4.79 Å². The number of Topliss-reactive ketones (excluding diaryl/α,β-unsaturated/α-hetero) is 1. The van der Waals surface area contributed by atoms with Crippen LogP contribution < -0.4 is 5.32 Å². The van der Waals surface area contributed by atoms with Gasteiger partial charge in [0.2, 0.25) is 0 Å². The number of carbonyl (C=O) groups is 3. The summed E-state index contributed by atoms with van der Waals surface area (Å²) in [6.07, 6.45) is -0.649. The van der Waals surface area contributed by atoms with Gasteiger partial charge in [0.05, 0.1) is 13.7 Å². The van der Waals surface area contributed by atoms with Crippen LogP contribution in [0.25, 0.3) is 10.4 Å². The van der Waals surface area contributed by atoms with Gasteiger partial charge in [0.15, 0.2) is 5.78 Å². The van der Waals surface area contributed by atoms with E-state index in [1.165, 1.54) is 7.11 Å². The predicted octanol–water partition coefficient (Wildman–Crippen LogP) is 3.53. The SMILES string of the molecule is COC(=O)[C@H](CCC(=O)c1ccc(CN=[N+]=[N-])cc1)NC(=O)OC(C)(C)C. The smallest absolute Gasteiger partial charge is 0.408 e. The molecular weight excluding hydrogens is 352 g/mol. The summed E-state index contributed by atoms with van der Waals surface area (Å²) in [7, 11) is 1.20. The van der Waals surface area contributed by atoms with Crippen molar-refractivity contribution >= 4 is 17.8 Å². The summed E-state index contributed by atoms with van der Waals surface area (Å²) in [6, 6.07) is 5.65. The fourth-order valence-corrected chi connectivity index (χ4v) is 2.17. The first-order chi connectivity index (χ1) is 12.7. The van der Waals surface area contributed by atoms with E-state index in [0.717, 1.165) is 5.56 Å². The number of methoxy groups -OCH3 is 1. The maximum Gasteiger partial charge on any atom is 0.408 e. The van der Waals surface area contributed by atoms with Crippen LogP contribution in [0.2, 0.25) is 0 Å². The molecule has 1 aromatic rings. The zero-order valence-corrected chi connectivity index (χ0v) is 15.9. The second kappa shape index (κ2) is 10.2. The molecule has 0 heterocycles. The van der Waals surface area contributed by atoms with Gasteiger partial charge in [0, 0.05) is 16.9 Å². The monoisotopic (exact) mass is 376 g/mol. The maximum absolute atomic E-state index is 12.3. The third kappa shape index (κ3) is 8.24. The molecule has 1 rings (SSSR count). The lowest BCUT2D eigenvalue weighted by atomic mass is 10.0. The molecule has 27 heavy (non-hydrogen) atoms. The number of carbonyl (C=O) groups excluding carboxylic acids is 3. The Hall–Kier alpha value is -3.06. The standard InChI is InChI=1S/C18H24N4O5/c1-18(2,3)27-17(25)21-14(16(24)26-4)9-10-15(23)13-7-5-12(6-8-13)11-20-22-19/h5-8,14H,9-11H2,1-4H3,(H,21,25)/t14-/m0/s1. The van der Waals surface area contributed by atoms with E-state index in [1.54, 1.807) is 45.0 Å². The van der Waals surface area contributed by atoms with Crippen LogP contribution in [0.15, 0.2) is 29.4 Å². The Labute approximate surface area is 157 Å². The first kappa shape index (κ1) is 22.0. The second-order valence-electron chi connectivity index (χ2n) is 6.77. The zero-order valence-electron chi connectivity index (χ0n) is 15.9. The molecule has 0 spiro atoms. The maximum atomic E-state index is 12.3. The minimum absolute atomic E-state index is 0.0330. The molecule has 146 valence electrons. The van der Waals surface area contributed by atoms with E-state index >= 15 is 0 Å². The Morgan fingerprint density at radius 2 is 1.85 bits per heavy atom. The first-order valence-electron chi connectivity index (χ1n) is 8.36. The largest absolute Gasteiger partial charge is 0.467 e. The Morgan fingerprint density at radius 3 is 2.37 bits per heavy atom. The highest BCUT2D eigenvalue weighted by molar-refractivity contribution is 5.96. The average Bonchev–Trinajstić information content (AvgIpc) is 2.61. The van der Waals surface area contributed by atoms with Crippen molar-refractivity contribution < 1.29 is 23.9 Å². The Morgan fingerprint density at radius 1 is 1.22 bits per heavy atom. The normalized spacial score (nSPS) is 11.7. The molecule has 0 radical (unpaired) electrons. The van der Waals surface area contributed by atoms with Gasteiger partial charge in [-0.15, -0.1) is 0 Å². The van der Waals surface area contributed by atoms with Crippen LogP contribution in [-0.2, 0) is 20.8 Å². The molecule has 9 nitrogen and oxygen atoms in total. The number of hydrogen-bond donors (Lipinski definition) is 1. The van der Waals surface area contributed by atoms with Crippen LogP contribution in [0.3, 0.4) is 0 Å². The Kier molecular flexibility index (Phi) is 8.29. The summed E-state index contributed by atoms with van der Waals surface area (Å²) in [5, 5.41) is 5.88. The van der Waals surface area contributed by atoms with Crippen LogP contribution in [0, 0.1) is 0 Å². The lowest BCUT2D eigenvalue weighted by Crippen LogP contribution is -2.44. The quantitative estimate of drug-likeness (QED) is 0.244. The number of ether oxygens (including phenoxy) is 2. The number of amides is 1. The van der Waals surface area contributed by atoms with Gasteiger partial charge >= 0.3 is 12.1 Å². The lowest BCUT2D eigenvalue weighted by Gasteiger charge is -2.22. The highest BCUT2D eigenvalue weighted by atomic mass is 16.6. The first-order valence-corrected chi connectivity index (χ1v) is 8.36. The fourth-order valence-electron chi connectivity index (χ4n) is 2.17. The van der Waals surface area contributed by atoms with E-state index < -0.39 is 23.7 Å². The molecule has 0 aromatic heterocycles. The summed E-state index contributed by atoms with van der Waals surface area (Å²) in [4.78, 5) is 38.7. The Bertz CT molecular complexity index is 718. The molecule has 1 amide bonds. The number of hydrogen-bond acceptors (Lipinski definition) is 6. The molecule has 1 aromatic carbocycles. The van der Waals surface area contributed by atoms with Gasteiger partial charge in [0.25, 0.3) is 0 Å². The van der Waals surface area contributed by atoms with Crippen molar-refractivity contribution in [3.05, 3.63) is 45.8 Å². The molecule has 0 aliphatic heterocycles. The van der Waals surface area contributed by atoms with Crippen LogP contribution >= 0.6 is 0 Å². The predicted molar refractivity (Wildman–Crippen MR) is 98.0 cm³/mol. The molecule has 9 heteroatoms. The van der Waals surface area contributed by atoms with E-state index in [1.807, 2.05) is 0 Å². The minimum Gasteiger partial charge on any atom is -0.467 e. The van der Waals surface area contributed by atoms with Crippen LogP contribution in [-0.4, -0.2) is 36.6 Å². The van der Waals surface area contributed by atoms with Crippen molar-refractivity contribution in [3.63, 3.8) is 0 Å². The van der Waals surface area contributed by atoms with Crippen molar-refractivity contribution in [3.8, 4) is 0 Å². The third-order valence-corrected chi connectivity index (χ3v) is 3.43. The summed E-state index contributed by atoms with van der Waals surface area (Å²) >= 11 is 0. The van der Waals surface area contributed by atoms with Crippen molar-refractivity contribution in [1.82, 2.24) is 5.32 Å². The molecular formula is C18H24N4O5. The fraction of sp³-hybridized carbons (Fsp3) is 0.500. The summed E-state index contributed by atoms with van der Waals surface area (Å²) < 4.78 is 9.80. The molecule has 1 N–H and O–H groups in total. The van der Waals surface area contributed by atoms with Gasteiger partial charge < -0.3 is 14.8 Å².